The zero-order chi connectivity index (χ0) is 20.6. The van der Waals surface area contributed by atoms with Crippen molar-refractivity contribution in [1.29, 1.82) is 0 Å². The van der Waals surface area contributed by atoms with Crippen LogP contribution in [0.2, 0.25) is 0 Å². The Labute approximate surface area is 180 Å². The summed E-state index contributed by atoms with van der Waals surface area (Å²) >= 11 is 0. The number of nitrogens with zero attached hydrogens (tertiary/aromatic N) is 4. The molecular formula is C27H20N4. The van der Waals surface area contributed by atoms with Crippen molar-refractivity contribution < 1.29 is 0 Å². The second-order valence-corrected chi connectivity index (χ2v) is 7.58. The number of hydrogen-bond acceptors (Lipinski definition) is 2. The first-order valence-corrected chi connectivity index (χ1v) is 10.4. The molecule has 4 heteroatoms. The second-order valence-electron chi connectivity index (χ2n) is 7.58. The summed E-state index contributed by atoms with van der Waals surface area (Å²) in [7, 11) is 0. The second kappa shape index (κ2) is 7.26. The summed E-state index contributed by atoms with van der Waals surface area (Å²) in [6.45, 7) is 0. The summed E-state index contributed by atoms with van der Waals surface area (Å²) < 4.78 is 4.34. The van der Waals surface area contributed by atoms with Crippen LogP contribution in [0.3, 0.4) is 0 Å². The number of rotatable bonds is 4. The fraction of sp³-hybridized carbons (Fsp3) is 0.0370. The van der Waals surface area contributed by atoms with Crippen molar-refractivity contribution in [2.24, 2.45) is 0 Å². The van der Waals surface area contributed by atoms with E-state index in [1.54, 1.807) is 0 Å². The van der Waals surface area contributed by atoms with E-state index in [4.69, 9.17) is 9.97 Å². The third-order valence-electron chi connectivity index (χ3n) is 5.65. The summed E-state index contributed by atoms with van der Waals surface area (Å²) in [4.78, 5) is 10.1. The number of pyridine rings is 2. The van der Waals surface area contributed by atoms with E-state index in [0.717, 1.165) is 45.2 Å². The van der Waals surface area contributed by atoms with Crippen LogP contribution in [0.25, 0.3) is 33.8 Å². The first-order chi connectivity index (χ1) is 15.4. The molecule has 0 radical (unpaired) electrons. The predicted molar refractivity (Wildman–Crippen MR) is 124 cm³/mol. The van der Waals surface area contributed by atoms with Crippen molar-refractivity contribution in [2.75, 3.05) is 0 Å². The monoisotopic (exact) mass is 400 g/mol. The number of fused-ring (bicyclic) bond motifs is 2. The van der Waals surface area contributed by atoms with E-state index >= 15 is 0 Å². The number of imidazole rings is 2. The Morgan fingerprint density at radius 2 is 0.903 bits per heavy atom. The Kier molecular flexibility index (Phi) is 4.13. The zero-order valence-corrected chi connectivity index (χ0v) is 16.9. The number of hydrogen-bond donors (Lipinski definition) is 0. The van der Waals surface area contributed by atoms with Gasteiger partial charge in [-0.15, -0.1) is 0 Å². The molecule has 6 rings (SSSR count). The van der Waals surface area contributed by atoms with Gasteiger partial charge in [-0.25, -0.2) is 9.97 Å². The molecule has 0 amide bonds. The normalized spacial score (nSPS) is 11.4. The molecule has 0 N–H and O–H groups in total. The smallest absolute Gasteiger partial charge is 0.144 e. The van der Waals surface area contributed by atoms with Crippen LogP contribution in [-0.2, 0) is 6.42 Å². The van der Waals surface area contributed by atoms with E-state index in [0.29, 0.717) is 6.42 Å². The molecule has 0 aliphatic carbocycles. The highest BCUT2D eigenvalue weighted by Gasteiger charge is 2.17. The molecule has 4 heterocycles. The molecule has 0 saturated carbocycles. The Hall–Kier alpha value is -4.18. The first-order valence-electron chi connectivity index (χ1n) is 10.4. The van der Waals surface area contributed by atoms with E-state index in [2.05, 4.69) is 69.7 Å². The van der Waals surface area contributed by atoms with Gasteiger partial charge in [0.1, 0.15) is 11.6 Å². The van der Waals surface area contributed by atoms with Crippen molar-refractivity contribution in [3.8, 4) is 22.8 Å². The fourth-order valence-corrected chi connectivity index (χ4v) is 4.20. The number of aromatic nitrogens is 4. The Bertz CT molecular complexity index is 1380. The van der Waals surface area contributed by atoms with Crippen LogP contribution in [0.5, 0.6) is 0 Å². The predicted octanol–water partition coefficient (Wildman–Crippen LogP) is 5.91. The minimum Gasteiger partial charge on any atom is -0.299 e. The summed E-state index contributed by atoms with van der Waals surface area (Å²) in [6.07, 6.45) is 4.82. The van der Waals surface area contributed by atoms with Gasteiger partial charge in [-0.05, 0) is 24.3 Å². The third-order valence-corrected chi connectivity index (χ3v) is 5.65. The van der Waals surface area contributed by atoms with Gasteiger partial charge in [0.25, 0.3) is 0 Å². The maximum Gasteiger partial charge on any atom is 0.144 e. The van der Waals surface area contributed by atoms with E-state index in [9.17, 15) is 0 Å². The van der Waals surface area contributed by atoms with Gasteiger partial charge < -0.3 is 0 Å². The molecule has 0 spiro atoms. The highest BCUT2D eigenvalue weighted by atomic mass is 15.0. The molecule has 148 valence electrons. The molecule has 0 fully saturated rings. The van der Waals surface area contributed by atoms with E-state index in [1.807, 2.05) is 48.5 Å². The van der Waals surface area contributed by atoms with E-state index in [-0.39, 0.29) is 0 Å². The minimum absolute atomic E-state index is 0.667. The van der Waals surface area contributed by atoms with Crippen molar-refractivity contribution in [3.63, 3.8) is 0 Å². The standard InChI is InChI=1S/C27H20N4/c1-3-11-20(12-4-1)26-28-22(24-15-7-9-17-30(24)26)19-23-25-16-8-10-18-31(25)27(29-23)21-13-5-2-6-14-21/h1-18H,19H2. The van der Waals surface area contributed by atoms with Crippen molar-refractivity contribution in [2.45, 2.75) is 6.42 Å². The molecule has 0 saturated heterocycles. The van der Waals surface area contributed by atoms with Gasteiger partial charge in [0, 0.05) is 29.9 Å². The molecule has 0 unspecified atom stereocenters. The van der Waals surface area contributed by atoms with Gasteiger partial charge in [-0.1, -0.05) is 72.8 Å². The largest absolute Gasteiger partial charge is 0.299 e. The van der Waals surface area contributed by atoms with E-state index < -0.39 is 0 Å². The van der Waals surface area contributed by atoms with Crippen LogP contribution < -0.4 is 0 Å². The molecule has 0 aliphatic rings. The lowest BCUT2D eigenvalue weighted by Crippen LogP contribution is -1.91. The highest BCUT2D eigenvalue weighted by Crippen LogP contribution is 2.27. The average Bonchev–Trinajstić information content (AvgIpc) is 3.40. The molecule has 2 aromatic carbocycles. The van der Waals surface area contributed by atoms with Gasteiger partial charge in [-0.2, -0.15) is 0 Å². The summed E-state index contributed by atoms with van der Waals surface area (Å²) in [5.41, 5.74) is 6.49. The van der Waals surface area contributed by atoms with Crippen molar-refractivity contribution in [3.05, 3.63) is 121 Å². The van der Waals surface area contributed by atoms with Gasteiger partial charge in [-0.3, -0.25) is 8.80 Å². The summed E-state index contributed by atoms with van der Waals surface area (Å²) in [6, 6.07) is 33.2. The molecule has 0 atom stereocenters. The van der Waals surface area contributed by atoms with Gasteiger partial charge in [0.2, 0.25) is 0 Å². The van der Waals surface area contributed by atoms with Gasteiger partial charge >= 0.3 is 0 Å². The van der Waals surface area contributed by atoms with Crippen LogP contribution in [0.1, 0.15) is 11.4 Å². The molecular weight excluding hydrogens is 380 g/mol. The van der Waals surface area contributed by atoms with Gasteiger partial charge in [0.05, 0.1) is 22.4 Å². The maximum atomic E-state index is 5.06. The van der Waals surface area contributed by atoms with Crippen LogP contribution in [0, 0.1) is 0 Å². The first kappa shape index (κ1) is 17.7. The highest BCUT2D eigenvalue weighted by molar-refractivity contribution is 5.69. The zero-order valence-electron chi connectivity index (χ0n) is 16.9. The van der Waals surface area contributed by atoms with Crippen molar-refractivity contribution in [1.82, 2.24) is 18.8 Å². The molecule has 31 heavy (non-hydrogen) atoms. The molecule has 0 aliphatic heterocycles. The van der Waals surface area contributed by atoms with Gasteiger partial charge in [0.15, 0.2) is 0 Å². The summed E-state index contributed by atoms with van der Waals surface area (Å²) in [5.74, 6) is 1.91. The summed E-state index contributed by atoms with van der Waals surface area (Å²) in [5, 5.41) is 0. The lowest BCUT2D eigenvalue weighted by molar-refractivity contribution is 1.07. The fourth-order valence-electron chi connectivity index (χ4n) is 4.20. The molecule has 4 nitrogen and oxygen atoms in total. The van der Waals surface area contributed by atoms with Crippen LogP contribution in [0.15, 0.2) is 109 Å². The van der Waals surface area contributed by atoms with Crippen molar-refractivity contribution >= 4 is 11.0 Å². The van der Waals surface area contributed by atoms with Crippen LogP contribution >= 0.6 is 0 Å². The van der Waals surface area contributed by atoms with E-state index in [1.165, 1.54) is 0 Å². The molecule has 4 aromatic heterocycles. The van der Waals surface area contributed by atoms with Crippen LogP contribution in [-0.4, -0.2) is 18.8 Å². The topological polar surface area (TPSA) is 34.6 Å². The quantitative estimate of drug-likeness (QED) is 0.369. The third kappa shape index (κ3) is 3.01. The Balaban J connectivity index is 1.51. The average molecular weight is 400 g/mol. The Morgan fingerprint density at radius 1 is 0.484 bits per heavy atom. The number of benzene rings is 2. The maximum absolute atomic E-state index is 5.06. The SMILES string of the molecule is c1ccc(-c2nc(Cc3nc(-c4ccccc4)n4ccccc34)c3ccccn23)cc1. The molecule has 0 bridgehead atoms. The Morgan fingerprint density at radius 3 is 1.35 bits per heavy atom. The minimum atomic E-state index is 0.667. The lowest BCUT2D eigenvalue weighted by atomic mass is 10.2. The lowest BCUT2D eigenvalue weighted by Gasteiger charge is -2.00. The molecule has 6 aromatic rings. The van der Waals surface area contributed by atoms with Crippen LogP contribution in [0.4, 0.5) is 0 Å².